The molecule has 19 heavy (non-hydrogen) atoms. The predicted molar refractivity (Wildman–Crippen MR) is 71.2 cm³/mol. The summed E-state index contributed by atoms with van der Waals surface area (Å²) in [6, 6.07) is 3.04. The average Bonchev–Trinajstić information content (AvgIpc) is 2.37. The third-order valence-electron chi connectivity index (χ3n) is 2.64. The van der Waals surface area contributed by atoms with Crippen LogP contribution in [0.15, 0.2) is 12.1 Å². The van der Waals surface area contributed by atoms with Gasteiger partial charge in [-0.2, -0.15) is 0 Å². The van der Waals surface area contributed by atoms with Crippen LogP contribution in [0, 0.1) is 0 Å². The number of ether oxygens (including phenoxy) is 2. The fraction of sp³-hybridized carbons (Fsp3) is 0.500. The Morgan fingerprint density at radius 3 is 2.47 bits per heavy atom. The number of phenolic OH excluding ortho intramolecular Hbond substituents is 1. The molecule has 106 valence electrons. The van der Waals surface area contributed by atoms with Crippen LogP contribution in [-0.2, 0) is 6.42 Å². The summed E-state index contributed by atoms with van der Waals surface area (Å²) in [6.07, 6.45) is 1.89. The molecule has 0 aliphatic rings. The van der Waals surface area contributed by atoms with Crippen molar-refractivity contribution in [1.29, 1.82) is 0 Å². The minimum absolute atomic E-state index is 0.0533. The van der Waals surface area contributed by atoms with E-state index >= 15 is 0 Å². The van der Waals surface area contributed by atoms with Crippen LogP contribution in [0.4, 0.5) is 4.79 Å². The third kappa shape index (κ3) is 4.35. The maximum atomic E-state index is 10.5. The molecule has 0 aliphatic carbocycles. The van der Waals surface area contributed by atoms with Crippen molar-refractivity contribution in [2.24, 2.45) is 0 Å². The van der Waals surface area contributed by atoms with Crippen LogP contribution in [0.25, 0.3) is 0 Å². The van der Waals surface area contributed by atoms with Gasteiger partial charge in [0.2, 0.25) is 0 Å². The van der Waals surface area contributed by atoms with Crippen molar-refractivity contribution in [3.63, 3.8) is 0 Å². The molecular formula is C14H20O5. The van der Waals surface area contributed by atoms with Gasteiger partial charge in [-0.05, 0) is 31.4 Å². The molecule has 2 N–H and O–H groups in total. The summed E-state index contributed by atoms with van der Waals surface area (Å²) in [5.74, 6) is 0.387. The molecule has 1 aromatic rings. The van der Waals surface area contributed by atoms with Crippen molar-refractivity contribution in [1.82, 2.24) is 0 Å². The Balaban J connectivity index is 3.04. The minimum atomic E-state index is -1.45. The van der Waals surface area contributed by atoms with Crippen molar-refractivity contribution in [3.05, 3.63) is 17.7 Å². The van der Waals surface area contributed by atoms with E-state index in [1.807, 2.05) is 13.8 Å². The van der Waals surface area contributed by atoms with Crippen molar-refractivity contribution in [3.8, 4) is 17.2 Å². The molecule has 0 aromatic heterocycles. The zero-order valence-electron chi connectivity index (χ0n) is 11.3. The number of benzene rings is 1. The van der Waals surface area contributed by atoms with Gasteiger partial charge in [-0.25, -0.2) is 4.79 Å². The summed E-state index contributed by atoms with van der Waals surface area (Å²) in [6.45, 7) is 4.59. The molecule has 0 saturated heterocycles. The van der Waals surface area contributed by atoms with Crippen LogP contribution in [0.5, 0.6) is 17.2 Å². The Morgan fingerprint density at radius 1 is 1.21 bits per heavy atom. The van der Waals surface area contributed by atoms with Gasteiger partial charge in [-0.15, -0.1) is 0 Å². The molecule has 0 fully saturated rings. The molecule has 0 spiro atoms. The lowest BCUT2D eigenvalue weighted by atomic mass is 10.1. The molecule has 0 radical (unpaired) electrons. The van der Waals surface area contributed by atoms with E-state index < -0.39 is 6.16 Å². The first kappa shape index (κ1) is 15.1. The van der Waals surface area contributed by atoms with Gasteiger partial charge in [0.05, 0.1) is 6.61 Å². The zero-order chi connectivity index (χ0) is 14.3. The second-order valence-electron chi connectivity index (χ2n) is 4.21. The Morgan fingerprint density at radius 2 is 1.89 bits per heavy atom. The normalized spacial score (nSPS) is 10.2. The number of hydrogen-bond donors (Lipinski definition) is 2. The quantitative estimate of drug-likeness (QED) is 0.584. The highest BCUT2D eigenvalue weighted by Crippen LogP contribution is 2.37. The topological polar surface area (TPSA) is 76.0 Å². The maximum absolute atomic E-state index is 10.5. The molecule has 0 atom stereocenters. The molecule has 0 aliphatic heterocycles. The van der Waals surface area contributed by atoms with Crippen molar-refractivity contribution in [2.75, 3.05) is 6.61 Å². The number of aromatic hydroxyl groups is 1. The molecule has 0 amide bonds. The van der Waals surface area contributed by atoms with Gasteiger partial charge in [0.25, 0.3) is 0 Å². The van der Waals surface area contributed by atoms with Crippen molar-refractivity contribution >= 4 is 6.16 Å². The second-order valence-corrected chi connectivity index (χ2v) is 4.21. The molecule has 0 saturated carbocycles. The third-order valence-corrected chi connectivity index (χ3v) is 2.64. The highest BCUT2D eigenvalue weighted by molar-refractivity contribution is 5.65. The van der Waals surface area contributed by atoms with Gasteiger partial charge in [-0.1, -0.05) is 20.3 Å². The molecular weight excluding hydrogens is 248 g/mol. The SMILES string of the molecule is CCCCc1c(OCCC)ccc(OC(=O)O)c1O. The van der Waals surface area contributed by atoms with Gasteiger partial charge >= 0.3 is 6.16 Å². The van der Waals surface area contributed by atoms with E-state index in [0.29, 0.717) is 24.3 Å². The van der Waals surface area contributed by atoms with Gasteiger partial charge in [0, 0.05) is 5.56 Å². The van der Waals surface area contributed by atoms with Crippen LogP contribution in [0.1, 0.15) is 38.7 Å². The van der Waals surface area contributed by atoms with E-state index in [1.54, 1.807) is 6.07 Å². The lowest BCUT2D eigenvalue weighted by Gasteiger charge is -2.14. The summed E-state index contributed by atoms with van der Waals surface area (Å²) in [5.41, 5.74) is 0.606. The lowest BCUT2D eigenvalue weighted by Crippen LogP contribution is -2.05. The monoisotopic (exact) mass is 268 g/mol. The Kier molecular flexibility index (Phi) is 5.99. The largest absolute Gasteiger partial charge is 0.511 e. The molecule has 1 aromatic carbocycles. The van der Waals surface area contributed by atoms with E-state index in [2.05, 4.69) is 4.74 Å². The van der Waals surface area contributed by atoms with E-state index in [9.17, 15) is 9.90 Å². The van der Waals surface area contributed by atoms with Crippen LogP contribution in [0.3, 0.4) is 0 Å². The van der Waals surface area contributed by atoms with Crippen molar-refractivity contribution in [2.45, 2.75) is 39.5 Å². The number of rotatable bonds is 7. The predicted octanol–water partition coefficient (Wildman–Crippen LogP) is 3.58. The van der Waals surface area contributed by atoms with Gasteiger partial charge in [0.15, 0.2) is 11.5 Å². The van der Waals surface area contributed by atoms with Crippen molar-refractivity contribution < 1.29 is 24.5 Å². The first-order valence-corrected chi connectivity index (χ1v) is 6.48. The fourth-order valence-corrected chi connectivity index (χ4v) is 1.72. The number of carbonyl (C=O) groups is 1. The average molecular weight is 268 g/mol. The van der Waals surface area contributed by atoms with Gasteiger partial charge in [0.1, 0.15) is 5.75 Å². The van der Waals surface area contributed by atoms with Crippen LogP contribution < -0.4 is 9.47 Å². The smallest absolute Gasteiger partial charge is 0.504 e. The first-order valence-electron chi connectivity index (χ1n) is 6.48. The summed E-state index contributed by atoms with van der Waals surface area (Å²) < 4.78 is 10.1. The molecule has 0 bridgehead atoms. The molecule has 0 heterocycles. The number of phenols is 1. The number of carboxylic acid groups (broad SMARTS) is 1. The lowest BCUT2D eigenvalue weighted by molar-refractivity contribution is 0.142. The minimum Gasteiger partial charge on any atom is -0.504 e. The summed E-state index contributed by atoms with van der Waals surface area (Å²) in [5, 5.41) is 18.7. The van der Waals surface area contributed by atoms with E-state index in [-0.39, 0.29) is 11.5 Å². The van der Waals surface area contributed by atoms with E-state index in [0.717, 1.165) is 19.3 Å². The molecule has 1 rings (SSSR count). The van der Waals surface area contributed by atoms with Gasteiger partial charge in [-0.3, -0.25) is 0 Å². The summed E-state index contributed by atoms with van der Waals surface area (Å²) in [4.78, 5) is 10.5. The molecule has 0 unspecified atom stereocenters. The first-order chi connectivity index (χ1) is 9.10. The Bertz CT molecular complexity index is 428. The highest BCUT2D eigenvalue weighted by atomic mass is 16.7. The standard InChI is InChI=1S/C14H20O5/c1-3-5-6-10-11(18-9-4-2)7-8-12(13(10)15)19-14(16)17/h7-8,15H,3-6,9H2,1-2H3,(H,16,17). The second kappa shape index (κ2) is 7.51. The van der Waals surface area contributed by atoms with Crippen LogP contribution in [0.2, 0.25) is 0 Å². The van der Waals surface area contributed by atoms with Crippen LogP contribution in [-0.4, -0.2) is 23.0 Å². The fourth-order valence-electron chi connectivity index (χ4n) is 1.72. The Hall–Kier alpha value is -1.91. The summed E-state index contributed by atoms with van der Waals surface area (Å²) >= 11 is 0. The maximum Gasteiger partial charge on any atom is 0.511 e. The van der Waals surface area contributed by atoms with Crippen LogP contribution >= 0.6 is 0 Å². The zero-order valence-corrected chi connectivity index (χ0v) is 11.3. The number of unbranched alkanes of at least 4 members (excludes halogenated alkanes) is 1. The molecule has 5 heteroatoms. The molecule has 5 nitrogen and oxygen atoms in total. The van der Waals surface area contributed by atoms with Gasteiger partial charge < -0.3 is 19.7 Å². The summed E-state index contributed by atoms with van der Waals surface area (Å²) in [7, 11) is 0. The number of hydrogen-bond acceptors (Lipinski definition) is 4. The van der Waals surface area contributed by atoms with E-state index in [1.165, 1.54) is 6.07 Å². The Labute approximate surface area is 112 Å². The highest BCUT2D eigenvalue weighted by Gasteiger charge is 2.16. The van der Waals surface area contributed by atoms with E-state index in [4.69, 9.17) is 9.84 Å².